The second kappa shape index (κ2) is 9.19. The molecule has 1 aromatic carbocycles. The molecule has 6 nitrogen and oxygen atoms in total. The van der Waals surface area contributed by atoms with Gasteiger partial charge in [-0.3, -0.25) is 9.69 Å². The van der Waals surface area contributed by atoms with Crippen molar-refractivity contribution in [3.8, 4) is 0 Å². The molecule has 0 spiro atoms. The summed E-state index contributed by atoms with van der Waals surface area (Å²) in [7, 11) is 1.59. The van der Waals surface area contributed by atoms with Crippen LogP contribution in [0.2, 0.25) is 0 Å². The van der Waals surface area contributed by atoms with Gasteiger partial charge in [0.05, 0.1) is 12.8 Å². The summed E-state index contributed by atoms with van der Waals surface area (Å²) >= 11 is 0. The highest BCUT2D eigenvalue weighted by molar-refractivity contribution is 5.94. The van der Waals surface area contributed by atoms with Gasteiger partial charge in [-0.05, 0) is 55.3 Å². The largest absolute Gasteiger partial charge is 0.468 e. The Morgan fingerprint density at radius 3 is 2.81 bits per heavy atom. The third-order valence-corrected chi connectivity index (χ3v) is 4.67. The van der Waals surface area contributed by atoms with E-state index in [9.17, 15) is 9.59 Å². The van der Waals surface area contributed by atoms with Crippen LogP contribution in [0.1, 0.15) is 34.5 Å². The van der Waals surface area contributed by atoms with E-state index in [-0.39, 0.29) is 17.9 Å². The van der Waals surface area contributed by atoms with Crippen molar-refractivity contribution in [2.24, 2.45) is 0 Å². The molecule has 1 unspecified atom stereocenters. The van der Waals surface area contributed by atoms with Gasteiger partial charge in [0.2, 0.25) is 0 Å². The summed E-state index contributed by atoms with van der Waals surface area (Å²) in [4.78, 5) is 25.8. The van der Waals surface area contributed by atoms with Crippen LogP contribution < -0.4 is 5.32 Å². The first kappa shape index (κ1) is 18.9. The summed E-state index contributed by atoms with van der Waals surface area (Å²) in [5, 5.41) is 2.57. The van der Waals surface area contributed by atoms with Gasteiger partial charge < -0.3 is 14.5 Å². The molecule has 2 aromatic rings. The number of carbonyl (C=O) groups is 2. The van der Waals surface area contributed by atoms with Crippen molar-refractivity contribution in [1.29, 1.82) is 0 Å². The van der Waals surface area contributed by atoms with E-state index in [1.807, 2.05) is 12.1 Å². The van der Waals surface area contributed by atoms with E-state index in [2.05, 4.69) is 10.2 Å². The molecule has 0 aliphatic carbocycles. The fraction of sp³-hybridized carbons (Fsp3) is 0.333. The zero-order valence-electron chi connectivity index (χ0n) is 15.4. The van der Waals surface area contributed by atoms with E-state index >= 15 is 0 Å². The van der Waals surface area contributed by atoms with Crippen molar-refractivity contribution < 1.29 is 18.7 Å². The summed E-state index contributed by atoms with van der Waals surface area (Å²) in [5.74, 6) is 0.421. The molecular formula is C21H24N2O4. The predicted octanol–water partition coefficient (Wildman–Crippen LogP) is 2.86. The Hall–Kier alpha value is -2.86. The molecule has 0 radical (unpaired) electrons. The lowest BCUT2D eigenvalue weighted by Gasteiger charge is -2.22. The summed E-state index contributed by atoms with van der Waals surface area (Å²) in [6, 6.07) is 11.1. The molecule has 1 aromatic heterocycles. The number of esters is 1. The standard InChI is InChI=1S/C21H24N2O4/c1-22-21(25)17-9-6-16(7-10-17)8-11-20(24)27-15-18-4-2-12-23(18)14-19-5-3-13-26-19/h3,5-11,13,18H,2,4,12,14-15H2,1H3,(H,22,25)/b11-8+. The minimum absolute atomic E-state index is 0.138. The highest BCUT2D eigenvalue weighted by Crippen LogP contribution is 2.20. The van der Waals surface area contributed by atoms with E-state index < -0.39 is 0 Å². The van der Waals surface area contributed by atoms with Crippen LogP contribution in [-0.2, 0) is 16.1 Å². The molecule has 1 fully saturated rings. The molecule has 27 heavy (non-hydrogen) atoms. The number of hydrogen-bond donors (Lipinski definition) is 1. The number of carbonyl (C=O) groups excluding carboxylic acids is 2. The van der Waals surface area contributed by atoms with E-state index in [0.717, 1.165) is 37.3 Å². The van der Waals surface area contributed by atoms with Gasteiger partial charge in [0.25, 0.3) is 5.91 Å². The topological polar surface area (TPSA) is 71.8 Å². The molecule has 0 bridgehead atoms. The lowest BCUT2D eigenvalue weighted by atomic mass is 10.1. The van der Waals surface area contributed by atoms with Crippen molar-refractivity contribution in [2.45, 2.75) is 25.4 Å². The Morgan fingerprint density at radius 1 is 1.30 bits per heavy atom. The van der Waals surface area contributed by atoms with Gasteiger partial charge in [0, 0.05) is 24.7 Å². The molecule has 1 atom stereocenters. The van der Waals surface area contributed by atoms with E-state index in [0.29, 0.717) is 12.2 Å². The number of likely N-dealkylation sites (tertiary alicyclic amines) is 1. The summed E-state index contributed by atoms with van der Waals surface area (Å²) in [5.41, 5.74) is 1.41. The minimum Gasteiger partial charge on any atom is -0.468 e. The summed E-state index contributed by atoms with van der Waals surface area (Å²) in [6.45, 7) is 2.10. The number of furan rings is 1. The zero-order chi connectivity index (χ0) is 19.1. The minimum atomic E-state index is -0.366. The number of amides is 1. The van der Waals surface area contributed by atoms with Gasteiger partial charge in [-0.15, -0.1) is 0 Å². The normalized spacial score (nSPS) is 17.3. The number of nitrogens with one attached hydrogen (secondary N) is 1. The van der Waals surface area contributed by atoms with Gasteiger partial charge in [-0.2, -0.15) is 0 Å². The molecular weight excluding hydrogens is 344 g/mol. The van der Waals surface area contributed by atoms with Crippen molar-refractivity contribution in [2.75, 3.05) is 20.2 Å². The quantitative estimate of drug-likeness (QED) is 0.601. The third kappa shape index (κ3) is 5.31. The van der Waals surface area contributed by atoms with Crippen LogP contribution in [0.4, 0.5) is 0 Å². The van der Waals surface area contributed by atoms with Crippen LogP contribution in [-0.4, -0.2) is 43.0 Å². The molecule has 142 valence electrons. The Kier molecular flexibility index (Phi) is 6.44. The average molecular weight is 368 g/mol. The predicted molar refractivity (Wildman–Crippen MR) is 102 cm³/mol. The van der Waals surface area contributed by atoms with Gasteiger partial charge in [0.1, 0.15) is 12.4 Å². The number of nitrogens with zero attached hydrogens (tertiary/aromatic N) is 1. The smallest absolute Gasteiger partial charge is 0.330 e. The number of hydrogen-bond acceptors (Lipinski definition) is 5. The van der Waals surface area contributed by atoms with E-state index in [4.69, 9.17) is 9.15 Å². The monoisotopic (exact) mass is 368 g/mol. The van der Waals surface area contributed by atoms with Crippen LogP contribution in [0.3, 0.4) is 0 Å². The average Bonchev–Trinajstić information content (AvgIpc) is 3.37. The van der Waals surface area contributed by atoms with Crippen LogP contribution in [0, 0.1) is 0 Å². The second-order valence-corrected chi connectivity index (χ2v) is 6.51. The molecule has 1 N–H and O–H groups in total. The lowest BCUT2D eigenvalue weighted by Crippen LogP contribution is -2.33. The summed E-state index contributed by atoms with van der Waals surface area (Å²) < 4.78 is 10.8. The highest BCUT2D eigenvalue weighted by atomic mass is 16.5. The maximum Gasteiger partial charge on any atom is 0.330 e. The first-order chi connectivity index (χ1) is 13.2. The van der Waals surface area contributed by atoms with Crippen molar-refractivity contribution in [3.05, 3.63) is 65.6 Å². The van der Waals surface area contributed by atoms with E-state index in [1.165, 1.54) is 6.08 Å². The molecule has 1 aliphatic rings. The summed E-state index contributed by atoms with van der Waals surface area (Å²) in [6.07, 6.45) is 6.88. The van der Waals surface area contributed by atoms with Gasteiger partial charge in [-0.1, -0.05) is 12.1 Å². The fourth-order valence-corrected chi connectivity index (χ4v) is 3.18. The second-order valence-electron chi connectivity index (χ2n) is 6.51. The molecule has 1 amide bonds. The zero-order valence-corrected chi connectivity index (χ0v) is 15.4. The number of rotatable bonds is 7. The van der Waals surface area contributed by atoms with Crippen LogP contribution in [0.5, 0.6) is 0 Å². The Labute approximate surface area is 158 Å². The van der Waals surface area contributed by atoms with Crippen LogP contribution in [0.15, 0.2) is 53.2 Å². The van der Waals surface area contributed by atoms with Gasteiger partial charge >= 0.3 is 5.97 Å². The molecule has 1 aliphatic heterocycles. The van der Waals surface area contributed by atoms with Gasteiger partial charge in [-0.25, -0.2) is 4.79 Å². The molecule has 6 heteroatoms. The first-order valence-corrected chi connectivity index (χ1v) is 9.09. The molecule has 1 saturated heterocycles. The lowest BCUT2D eigenvalue weighted by molar-refractivity contribution is -0.139. The maximum absolute atomic E-state index is 12.0. The SMILES string of the molecule is CNC(=O)c1ccc(/C=C/C(=O)OCC2CCCN2Cc2ccco2)cc1. The van der Waals surface area contributed by atoms with Crippen LogP contribution >= 0.6 is 0 Å². The Balaban J connectivity index is 1.47. The number of ether oxygens (including phenoxy) is 1. The fourth-order valence-electron chi connectivity index (χ4n) is 3.18. The molecule has 3 rings (SSSR count). The number of benzene rings is 1. The Morgan fingerprint density at radius 2 is 2.11 bits per heavy atom. The highest BCUT2D eigenvalue weighted by Gasteiger charge is 2.26. The van der Waals surface area contributed by atoms with Gasteiger partial charge in [0.15, 0.2) is 0 Å². The first-order valence-electron chi connectivity index (χ1n) is 9.09. The van der Waals surface area contributed by atoms with Crippen molar-refractivity contribution >= 4 is 18.0 Å². The Bertz CT molecular complexity index is 781. The molecule has 0 saturated carbocycles. The van der Waals surface area contributed by atoms with Crippen LogP contribution in [0.25, 0.3) is 6.08 Å². The molecule has 2 heterocycles. The van der Waals surface area contributed by atoms with Crippen molar-refractivity contribution in [3.63, 3.8) is 0 Å². The van der Waals surface area contributed by atoms with E-state index in [1.54, 1.807) is 43.7 Å². The maximum atomic E-state index is 12.0. The third-order valence-electron chi connectivity index (χ3n) is 4.67. The van der Waals surface area contributed by atoms with Crippen molar-refractivity contribution in [1.82, 2.24) is 10.2 Å².